The van der Waals surface area contributed by atoms with Crippen molar-refractivity contribution in [2.45, 2.75) is 52.6 Å². The van der Waals surface area contributed by atoms with E-state index >= 15 is 0 Å². The van der Waals surface area contributed by atoms with Gasteiger partial charge in [0, 0.05) is 5.92 Å². The van der Waals surface area contributed by atoms with E-state index in [-0.39, 0.29) is 18.1 Å². The molecule has 0 amide bonds. The zero-order valence-electron chi connectivity index (χ0n) is 9.39. The van der Waals surface area contributed by atoms with Crippen LogP contribution in [0.4, 0.5) is 4.39 Å². The lowest BCUT2D eigenvalue weighted by Gasteiger charge is -2.14. The van der Waals surface area contributed by atoms with E-state index in [1.165, 1.54) is 13.8 Å². The second kappa shape index (κ2) is 5.23. The fourth-order valence-electron chi connectivity index (χ4n) is 1.26. The molecular weight excluding hydrogens is 183 g/mol. The summed E-state index contributed by atoms with van der Waals surface area (Å²) in [6.45, 7) is 6.18. The molecule has 0 aliphatic rings. The Morgan fingerprint density at radius 3 is 1.93 bits per heavy atom. The van der Waals surface area contributed by atoms with Gasteiger partial charge in [-0.1, -0.05) is 13.8 Å². The molecule has 3 heteroatoms. The van der Waals surface area contributed by atoms with Crippen molar-refractivity contribution in [3.8, 4) is 0 Å². The lowest BCUT2D eigenvalue weighted by Crippen LogP contribution is -2.30. The number of halogens is 1. The molecule has 0 aromatic heterocycles. The summed E-state index contributed by atoms with van der Waals surface area (Å²) in [6, 6.07) is 0. The van der Waals surface area contributed by atoms with Crippen LogP contribution < -0.4 is 0 Å². The fraction of sp³-hybridized carbons (Fsp3) is 0.818. The van der Waals surface area contributed by atoms with Gasteiger partial charge in [0.05, 0.1) is 6.42 Å². The summed E-state index contributed by atoms with van der Waals surface area (Å²) in [7, 11) is 0. The van der Waals surface area contributed by atoms with Crippen molar-refractivity contribution < 1.29 is 14.0 Å². The van der Waals surface area contributed by atoms with E-state index < -0.39 is 11.5 Å². The molecule has 0 aliphatic carbocycles. The number of carbonyl (C=O) groups excluding carboxylic acids is 2. The van der Waals surface area contributed by atoms with Gasteiger partial charge in [-0.3, -0.25) is 9.59 Å². The van der Waals surface area contributed by atoms with Crippen molar-refractivity contribution in [1.82, 2.24) is 0 Å². The Hall–Kier alpha value is -0.730. The molecule has 0 aromatic rings. The number of Topliss-reactive ketones (excluding diaryl/α,β-unsaturated/α-hetero) is 2. The zero-order valence-corrected chi connectivity index (χ0v) is 9.39. The highest BCUT2D eigenvalue weighted by atomic mass is 19.1. The van der Waals surface area contributed by atoms with E-state index in [0.717, 1.165) is 12.8 Å². The van der Waals surface area contributed by atoms with Gasteiger partial charge in [-0.05, 0) is 26.7 Å². The van der Waals surface area contributed by atoms with Crippen LogP contribution in [0.5, 0.6) is 0 Å². The van der Waals surface area contributed by atoms with Crippen molar-refractivity contribution in [2.75, 3.05) is 0 Å². The number of hydrogen-bond donors (Lipinski definition) is 0. The topological polar surface area (TPSA) is 34.1 Å². The summed E-state index contributed by atoms with van der Waals surface area (Å²) in [6.07, 6.45) is 1.17. The Morgan fingerprint density at radius 2 is 1.64 bits per heavy atom. The Balaban J connectivity index is 4.26. The Labute approximate surface area is 84.9 Å². The van der Waals surface area contributed by atoms with Gasteiger partial charge in [-0.15, -0.1) is 0 Å². The van der Waals surface area contributed by atoms with Crippen LogP contribution in [0.3, 0.4) is 0 Å². The van der Waals surface area contributed by atoms with Crippen LogP contribution >= 0.6 is 0 Å². The van der Waals surface area contributed by atoms with Gasteiger partial charge in [-0.2, -0.15) is 0 Å². The van der Waals surface area contributed by atoms with Crippen molar-refractivity contribution in [1.29, 1.82) is 0 Å². The van der Waals surface area contributed by atoms with E-state index in [0.29, 0.717) is 0 Å². The quantitative estimate of drug-likeness (QED) is 0.620. The fourth-order valence-corrected chi connectivity index (χ4v) is 1.26. The maximum atomic E-state index is 13.1. The maximum Gasteiger partial charge on any atom is 0.176 e. The summed E-state index contributed by atoms with van der Waals surface area (Å²) in [5.74, 6) is -0.846. The molecule has 0 heterocycles. The Bertz CT molecular complexity index is 212. The van der Waals surface area contributed by atoms with Crippen molar-refractivity contribution >= 4 is 11.6 Å². The molecule has 0 N–H and O–H groups in total. The van der Waals surface area contributed by atoms with Crippen LogP contribution in [-0.4, -0.2) is 17.2 Å². The van der Waals surface area contributed by atoms with Crippen molar-refractivity contribution in [3.63, 3.8) is 0 Å². The minimum Gasteiger partial charge on any atom is -0.299 e. The molecule has 14 heavy (non-hydrogen) atoms. The lowest BCUT2D eigenvalue weighted by atomic mass is 9.91. The van der Waals surface area contributed by atoms with E-state index in [4.69, 9.17) is 0 Å². The molecule has 0 saturated heterocycles. The van der Waals surface area contributed by atoms with Crippen LogP contribution in [0.1, 0.15) is 47.0 Å². The van der Waals surface area contributed by atoms with E-state index in [1.54, 1.807) is 0 Å². The van der Waals surface area contributed by atoms with Gasteiger partial charge >= 0.3 is 0 Å². The second-order valence-corrected chi connectivity index (χ2v) is 4.05. The average Bonchev–Trinajstić information content (AvgIpc) is 2.04. The van der Waals surface area contributed by atoms with Gasteiger partial charge in [0.2, 0.25) is 0 Å². The highest BCUT2D eigenvalue weighted by Crippen LogP contribution is 2.17. The normalized spacial score (nSPS) is 11.9. The molecule has 0 aromatic carbocycles. The van der Waals surface area contributed by atoms with Gasteiger partial charge in [0.15, 0.2) is 11.5 Å². The number of rotatable bonds is 6. The first-order chi connectivity index (χ1) is 6.32. The minimum absolute atomic E-state index is 0.0960. The summed E-state index contributed by atoms with van der Waals surface area (Å²) in [5.41, 5.74) is -1.89. The van der Waals surface area contributed by atoms with Crippen LogP contribution in [0.15, 0.2) is 0 Å². The third-order valence-electron chi connectivity index (χ3n) is 2.44. The smallest absolute Gasteiger partial charge is 0.176 e. The van der Waals surface area contributed by atoms with Crippen LogP contribution in [0.25, 0.3) is 0 Å². The lowest BCUT2D eigenvalue weighted by molar-refractivity contribution is -0.135. The summed E-state index contributed by atoms with van der Waals surface area (Å²) in [4.78, 5) is 22.7. The first-order valence-electron chi connectivity index (χ1n) is 5.07. The van der Waals surface area contributed by atoms with Crippen molar-refractivity contribution in [3.05, 3.63) is 0 Å². The molecule has 0 atom stereocenters. The number of hydrogen-bond acceptors (Lipinski definition) is 2. The Morgan fingerprint density at radius 1 is 1.21 bits per heavy atom. The standard InChI is InChI=1S/C11H19FO2/c1-5-8(6-2)9(13)7-10(14)11(3,4)12/h8H,5-7H2,1-4H3. The summed E-state index contributed by atoms with van der Waals surface area (Å²) >= 11 is 0. The molecule has 0 radical (unpaired) electrons. The van der Waals surface area contributed by atoms with E-state index in [2.05, 4.69) is 0 Å². The van der Waals surface area contributed by atoms with Gasteiger partial charge < -0.3 is 0 Å². The van der Waals surface area contributed by atoms with Crippen molar-refractivity contribution in [2.24, 2.45) is 5.92 Å². The maximum absolute atomic E-state index is 13.1. The van der Waals surface area contributed by atoms with Gasteiger partial charge in [-0.25, -0.2) is 4.39 Å². The molecule has 2 nitrogen and oxygen atoms in total. The molecule has 0 spiro atoms. The average molecular weight is 202 g/mol. The van der Waals surface area contributed by atoms with Gasteiger partial charge in [0.25, 0.3) is 0 Å². The molecular formula is C11H19FO2. The minimum atomic E-state index is -1.89. The van der Waals surface area contributed by atoms with Crippen LogP contribution in [-0.2, 0) is 9.59 Å². The zero-order chi connectivity index (χ0) is 11.4. The number of ketones is 2. The number of alkyl halides is 1. The number of carbonyl (C=O) groups is 2. The molecule has 82 valence electrons. The Kier molecular flexibility index (Phi) is 4.95. The van der Waals surface area contributed by atoms with E-state index in [1.807, 2.05) is 13.8 Å². The summed E-state index contributed by atoms with van der Waals surface area (Å²) in [5, 5.41) is 0. The third kappa shape index (κ3) is 3.99. The molecule has 0 aliphatic heterocycles. The SMILES string of the molecule is CCC(CC)C(=O)CC(=O)C(C)(C)F. The molecule has 0 saturated carbocycles. The highest BCUT2D eigenvalue weighted by molar-refractivity contribution is 6.03. The molecule has 0 unspecified atom stereocenters. The molecule has 0 fully saturated rings. The van der Waals surface area contributed by atoms with Gasteiger partial charge in [0.1, 0.15) is 5.78 Å². The van der Waals surface area contributed by atoms with Crippen LogP contribution in [0.2, 0.25) is 0 Å². The van der Waals surface area contributed by atoms with Crippen LogP contribution in [0, 0.1) is 5.92 Å². The predicted octanol–water partition coefficient (Wildman–Crippen LogP) is 2.70. The predicted molar refractivity (Wildman–Crippen MR) is 53.9 cm³/mol. The highest BCUT2D eigenvalue weighted by Gasteiger charge is 2.29. The largest absolute Gasteiger partial charge is 0.299 e. The first kappa shape index (κ1) is 13.3. The third-order valence-corrected chi connectivity index (χ3v) is 2.44. The second-order valence-electron chi connectivity index (χ2n) is 4.05. The molecule has 0 rings (SSSR count). The monoisotopic (exact) mass is 202 g/mol. The summed E-state index contributed by atoms with van der Waals surface area (Å²) < 4.78 is 13.1. The first-order valence-corrected chi connectivity index (χ1v) is 5.07. The van der Waals surface area contributed by atoms with E-state index in [9.17, 15) is 14.0 Å². The molecule has 0 bridgehead atoms.